The van der Waals surface area contributed by atoms with Crippen LogP contribution in [0.5, 0.6) is 0 Å². The molecule has 1 atom stereocenters. The molecule has 1 saturated heterocycles. The zero-order chi connectivity index (χ0) is 14.8. The van der Waals surface area contributed by atoms with Crippen molar-refractivity contribution in [2.45, 2.75) is 24.5 Å². The van der Waals surface area contributed by atoms with E-state index in [-0.39, 0.29) is 16.0 Å². The predicted octanol–water partition coefficient (Wildman–Crippen LogP) is 2.99. The Morgan fingerprint density at radius 1 is 1.60 bits per heavy atom. The fraction of sp³-hybridized carbons (Fsp3) is 0.462. The summed E-state index contributed by atoms with van der Waals surface area (Å²) < 4.78 is 0.0827. The summed E-state index contributed by atoms with van der Waals surface area (Å²) in [6.07, 6.45) is 2.23. The minimum atomic E-state index is -1.17. The Kier molecular flexibility index (Phi) is 4.17. The van der Waals surface area contributed by atoms with Gasteiger partial charge in [0.25, 0.3) is 5.69 Å². The molecule has 0 spiro atoms. The molecule has 6 nitrogen and oxygen atoms in total. The van der Waals surface area contributed by atoms with Gasteiger partial charge in [0.15, 0.2) is 0 Å². The van der Waals surface area contributed by atoms with Crippen molar-refractivity contribution in [1.29, 1.82) is 0 Å². The molecule has 1 aliphatic heterocycles. The van der Waals surface area contributed by atoms with Gasteiger partial charge in [-0.1, -0.05) is 0 Å². The van der Waals surface area contributed by atoms with E-state index in [0.29, 0.717) is 12.2 Å². The molecule has 0 radical (unpaired) electrons. The van der Waals surface area contributed by atoms with Gasteiger partial charge in [-0.15, -0.1) is 0 Å². The number of benzene rings is 1. The van der Waals surface area contributed by atoms with Crippen molar-refractivity contribution >= 4 is 29.1 Å². The summed E-state index contributed by atoms with van der Waals surface area (Å²) in [6.45, 7) is 2.76. The van der Waals surface area contributed by atoms with Crippen LogP contribution in [0.15, 0.2) is 18.2 Å². The smallest absolute Gasteiger partial charge is 0.335 e. The van der Waals surface area contributed by atoms with Crippen LogP contribution in [0.3, 0.4) is 0 Å². The van der Waals surface area contributed by atoms with Crippen molar-refractivity contribution in [2.24, 2.45) is 0 Å². The Hall–Kier alpha value is -1.76. The first kappa shape index (κ1) is 14.6. The second-order valence-corrected chi connectivity index (χ2v) is 6.73. The minimum Gasteiger partial charge on any atom is -0.478 e. The van der Waals surface area contributed by atoms with Crippen molar-refractivity contribution < 1.29 is 14.8 Å². The lowest BCUT2D eigenvalue weighted by molar-refractivity contribution is -0.384. The number of hydrogen-bond donors (Lipinski definition) is 2. The van der Waals surface area contributed by atoms with E-state index in [9.17, 15) is 14.9 Å². The van der Waals surface area contributed by atoms with Gasteiger partial charge in [-0.3, -0.25) is 10.1 Å². The van der Waals surface area contributed by atoms with Gasteiger partial charge < -0.3 is 10.4 Å². The summed E-state index contributed by atoms with van der Waals surface area (Å²) in [5.74, 6) is -0.0592. The normalized spacial score (nSPS) is 21.6. The first-order chi connectivity index (χ1) is 9.41. The number of carboxylic acids is 1. The molecular formula is C13H16N2O4S. The van der Waals surface area contributed by atoms with Gasteiger partial charge in [-0.05, 0) is 37.7 Å². The number of anilines is 1. The zero-order valence-corrected chi connectivity index (χ0v) is 11.9. The topological polar surface area (TPSA) is 92.5 Å². The Morgan fingerprint density at radius 3 is 2.90 bits per heavy atom. The average Bonchev–Trinajstić information content (AvgIpc) is 2.83. The van der Waals surface area contributed by atoms with Gasteiger partial charge in [-0.25, -0.2) is 4.79 Å². The lowest BCUT2D eigenvalue weighted by atomic mass is 10.1. The molecule has 0 saturated carbocycles. The van der Waals surface area contributed by atoms with Crippen molar-refractivity contribution in [3.8, 4) is 0 Å². The first-order valence-electron chi connectivity index (χ1n) is 6.31. The maximum atomic E-state index is 11.0. The number of thioether (sulfide) groups is 1. The summed E-state index contributed by atoms with van der Waals surface area (Å²) in [4.78, 5) is 21.3. The Morgan fingerprint density at radius 2 is 2.35 bits per heavy atom. The molecule has 108 valence electrons. The molecule has 0 bridgehead atoms. The highest BCUT2D eigenvalue weighted by Gasteiger charge is 2.30. The molecule has 0 aromatic heterocycles. The third-order valence-electron chi connectivity index (χ3n) is 3.39. The summed E-state index contributed by atoms with van der Waals surface area (Å²) in [6, 6.07) is 3.93. The molecular weight excluding hydrogens is 280 g/mol. The first-order valence-corrected chi connectivity index (χ1v) is 7.29. The molecule has 7 heteroatoms. The Labute approximate surface area is 120 Å². The summed E-state index contributed by atoms with van der Waals surface area (Å²) in [7, 11) is 0. The fourth-order valence-electron chi connectivity index (χ4n) is 2.22. The summed E-state index contributed by atoms with van der Waals surface area (Å²) in [5.41, 5.74) is 0.0916. The number of nitrogens with zero attached hydrogens (tertiary/aromatic N) is 1. The Bertz CT molecular complexity index is 541. The van der Waals surface area contributed by atoms with E-state index in [1.165, 1.54) is 12.1 Å². The quantitative estimate of drug-likeness (QED) is 0.641. The largest absolute Gasteiger partial charge is 0.478 e. The van der Waals surface area contributed by atoms with Gasteiger partial charge >= 0.3 is 5.97 Å². The van der Waals surface area contributed by atoms with Crippen LogP contribution in [0, 0.1) is 10.1 Å². The zero-order valence-electron chi connectivity index (χ0n) is 11.1. The molecule has 2 N–H and O–H groups in total. The molecule has 1 heterocycles. The van der Waals surface area contributed by atoms with Crippen LogP contribution in [-0.4, -0.2) is 33.0 Å². The lowest BCUT2D eigenvalue weighted by Gasteiger charge is -2.23. The summed E-state index contributed by atoms with van der Waals surface area (Å²) in [5, 5.41) is 23.0. The second kappa shape index (κ2) is 5.70. The molecule has 20 heavy (non-hydrogen) atoms. The summed E-state index contributed by atoms with van der Waals surface area (Å²) >= 11 is 1.86. The minimum absolute atomic E-state index is 0.0799. The van der Waals surface area contributed by atoms with E-state index >= 15 is 0 Å². The van der Waals surface area contributed by atoms with Crippen LogP contribution in [0.25, 0.3) is 0 Å². The van der Waals surface area contributed by atoms with E-state index in [1.807, 2.05) is 11.8 Å². The number of nitrogens with one attached hydrogen (secondary N) is 1. The van der Waals surface area contributed by atoms with Crippen molar-refractivity contribution in [2.75, 3.05) is 17.6 Å². The number of rotatable bonds is 5. The fourth-order valence-corrected chi connectivity index (χ4v) is 3.47. The van der Waals surface area contributed by atoms with E-state index < -0.39 is 10.9 Å². The molecule has 1 unspecified atom stereocenters. The van der Waals surface area contributed by atoms with Crippen LogP contribution in [0.4, 0.5) is 11.4 Å². The molecule has 1 aliphatic rings. The highest BCUT2D eigenvalue weighted by Crippen LogP contribution is 2.38. The van der Waals surface area contributed by atoms with Crippen LogP contribution >= 0.6 is 11.8 Å². The van der Waals surface area contributed by atoms with Gasteiger partial charge in [0.05, 0.1) is 10.5 Å². The molecule has 1 fully saturated rings. The van der Waals surface area contributed by atoms with Crippen LogP contribution in [0.1, 0.15) is 30.1 Å². The maximum absolute atomic E-state index is 11.0. The molecule has 0 aliphatic carbocycles. The number of carboxylic acid groups (broad SMARTS) is 1. The third kappa shape index (κ3) is 3.22. The molecule has 2 rings (SSSR count). The maximum Gasteiger partial charge on any atom is 0.335 e. The van der Waals surface area contributed by atoms with Crippen molar-refractivity contribution in [1.82, 2.24) is 0 Å². The van der Waals surface area contributed by atoms with E-state index in [1.54, 1.807) is 0 Å². The number of nitro groups is 1. The SMILES string of the molecule is CC1(CNc2ccc(C(=O)O)cc2[N+](=O)[O-])CCCS1. The highest BCUT2D eigenvalue weighted by molar-refractivity contribution is 8.00. The highest BCUT2D eigenvalue weighted by atomic mass is 32.2. The van der Waals surface area contributed by atoms with Crippen molar-refractivity contribution in [3.63, 3.8) is 0 Å². The standard InChI is InChI=1S/C13H16N2O4S/c1-13(5-2-6-20-13)8-14-10-4-3-9(12(16)17)7-11(10)15(18)19/h3-4,7,14H,2,5-6,8H2,1H3,(H,16,17). The number of hydrogen-bond acceptors (Lipinski definition) is 5. The molecule has 1 aromatic rings. The van der Waals surface area contributed by atoms with Gasteiger partial charge in [-0.2, -0.15) is 11.8 Å². The van der Waals surface area contributed by atoms with E-state index in [2.05, 4.69) is 12.2 Å². The van der Waals surface area contributed by atoms with Crippen LogP contribution < -0.4 is 5.32 Å². The number of carbonyl (C=O) groups is 1. The molecule has 0 amide bonds. The third-order valence-corrected chi connectivity index (χ3v) is 4.93. The number of nitro benzene ring substituents is 1. The predicted molar refractivity (Wildman–Crippen MR) is 78.6 cm³/mol. The van der Waals surface area contributed by atoms with Crippen LogP contribution in [0.2, 0.25) is 0 Å². The van der Waals surface area contributed by atoms with Gasteiger partial charge in [0, 0.05) is 17.4 Å². The van der Waals surface area contributed by atoms with E-state index in [4.69, 9.17) is 5.11 Å². The number of aromatic carboxylic acids is 1. The average molecular weight is 296 g/mol. The van der Waals surface area contributed by atoms with Gasteiger partial charge in [0.2, 0.25) is 0 Å². The Balaban J connectivity index is 2.18. The second-order valence-electron chi connectivity index (χ2n) is 5.05. The van der Waals surface area contributed by atoms with Gasteiger partial charge in [0.1, 0.15) is 5.69 Å². The van der Waals surface area contributed by atoms with E-state index in [0.717, 1.165) is 24.7 Å². The lowest BCUT2D eigenvalue weighted by Crippen LogP contribution is -2.27. The molecule has 1 aromatic carbocycles. The van der Waals surface area contributed by atoms with Crippen molar-refractivity contribution in [3.05, 3.63) is 33.9 Å². The monoisotopic (exact) mass is 296 g/mol. The van der Waals surface area contributed by atoms with Crippen LogP contribution in [-0.2, 0) is 0 Å².